The maximum absolute atomic E-state index is 12.3. The van der Waals surface area contributed by atoms with Crippen LogP contribution in [0, 0.1) is 0 Å². The van der Waals surface area contributed by atoms with Gasteiger partial charge in [0, 0.05) is 13.1 Å². The van der Waals surface area contributed by atoms with Crippen LogP contribution in [0.1, 0.15) is 16.8 Å². The number of nitrogens with two attached hydrogens (primary N) is 1. The number of benzene rings is 1. The Balaban J connectivity index is 2.22. The molecule has 0 saturated carbocycles. The van der Waals surface area contributed by atoms with Crippen LogP contribution in [0.5, 0.6) is 0 Å². The molecule has 1 aromatic carbocycles. The van der Waals surface area contributed by atoms with E-state index in [0.717, 1.165) is 0 Å². The number of para-hydroxylation sites is 1. The number of anilines is 1. The number of hydrogen-bond acceptors (Lipinski definition) is 4. The smallest absolute Gasteiger partial charge is 0.256 e. The van der Waals surface area contributed by atoms with Crippen LogP contribution >= 0.6 is 11.6 Å². The van der Waals surface area contributed by atoms with Gasteiger partial charge in [-0.2, -0.15) is 0 Å². The summed E-state index contributed by atoms with van der Waals surface area (Å²) in [6.45, 7) is 0.622. The van der Waals surface area contributed by atoms with Gasteiger partial charge in [-0.05, 0) is 18.6 Å². The second-order valence-corrected chi connectivity index (χ2v) is 7.21. The summed E-state index contributed by atoms with van der Waals surface area (Å²) in [7, 11) is -3.04. The SMILES string of the molecule is Nc1c(Cl)cccc1C(=O)N1CCCS(=O)(=O)CC1. The number of carbonyl (C=O) groups is 1. The molecule has 0 atom stereocenters. The molecule has 0 bridgehead atoms. The molecule has 1 aliphatic rings. The van der Waals surface area contributed by atoms with Crippen LogP contribution in [-0.4, -0.2) is 43.8 Å². The summed E-state index contributed by atoms with van der Waals surface area (Å²) in [6.07, 6.45) is 0.453. The number of sulfone groups is 1. The topological polar surface area (TPSA) is 80.5 Å². The third-order valence-electron chi connectivity index (χ3n) is 3.13. The number of nitrogens with zero attached hydrogens (tertiary/aromatic N) is 1. The molecule has 1 aliphatic heterocycles. The summed E-state index contributed by atoms with van der Waals surface area (Å²) >= 11 is 5.88. The van der Waals surface area contributed by atoms with Crippen molar-refractivity contribution in [3.8, 4) is 0 Å². The largest absolute Gasteiger partial charge is 0.397 e. The second-order valence-electron chi connectivity index (χ2n) is 4.50. The molecule has 104 valence electrons. The average Bonchev–Trinajstić information content (AvgIpc) is 2.53. The molecular formula is C12H15ClN2O3S. The van der Waals surface area contributed by atoms with Crippen LogP contribution in [0.3, 0.4) is 0 Å². The van der Waals surface area contributed by atoms with E-state index in [0.29, 0.717) is 23.6 Å². The van der Waals surface area contributed by atoms with Gasteiger partial charge in [-0.25, -0.2) is 8.42 Å². The highest BCUT2D eigenvalue weighted by Gasteiger charge is 2.24. The molecule has 1 heterocycles. The molecule has 1 fully saturated rings. The highest BCUT2D eigenvalue weighted by Crippen LogP contribution is 2.24. The molecule has 7 heteroatoms. The Morgan fingerprint density at radius 1 is 1.26 bits per heavy atom. The summed E-state index contributed by atoms with van der Waals surface area (Å²) < 4.78 is 23.0. The monoisotopic (exact) mass is 302 g/mol. The fraction of sp³-hybridized carbons (Fsp3) is 0.417. The minimum absolute atomic E-state index is 0.000783. The highest BCUT2D eigenvalue weighted by atomic mass is 35.5. The van der Waals surface area contributed by atoms with Crippen LogP contribution in [-0.2, 0) is 9.84 Å². The van der Waals surface area contributed by atoms with Gasteiger partial charge in [0.25, 0.3) is 5.91 Å². The van der Waals surface area contributed by atoms with Crippen molar-refractivity contribution in [3.05, 3.63) is 28.8 Å². The standard InChI is InChI=1S/C12H15ClN2O3S/c13-10-4-1-3-9(11(10)14)12(16)15-5-2-7-19(17,18)8-6-15/h1,3-4H,2,5-8,14H2. The van der Waals surface area contributed by atoms with E-state index in [1.165, 1.54) is 4.90 Å². The lowest BCUT2D eigenvalue weighted by atomic mass is 10.1. The third-order valence-corrected chi connectivity index (χ3v) is 5.17. The van der Waals surface area contributed by atoms with Crippen LogP contribution in [0.2, 0.25) is 5.02 Å². The van der Waals surface area contributed by atoms with Crippen molar-refractivity contribution in [1.29, 1.82) is 0 Å². The average molecular weight is 303 g/mol. The Bertz CT molecular complexity index is 601. The van der Waals surface area contributed by atoms with Crippen LogP contribution in [0.4, 0.5) is 5.69 Å². The number of halogens is 1. The van der Waals surface area contributed by atoms with E-state index in [9.17, 15) is 13.2 Å². The van der Waals surface area contributed by atoms with Gasteiger partial charge in [0.15, 0.2) is 9.84 Å². The lowest BCUT2D eigenvalue weighted by Crippen LogP contribution is -2.34. The lowest BCUT2D eigenvalue weighted by molar-refractivity contribution is 0.0769. The van der Waals surface area contributed by atoms with Gasteiger partial charge in [-0.1, -0.05) is 17.7 Å². The number of rotatable bonds is 1. The van der Waals surface area contributed by atoms with Gasteiger partial charge in [0.05, 0.1) is 27.8 Å². The predicted molar refractivity (Wildman–Crippen MR) is 75.0 cm³/mol. The number of carbonyl (C=O) groups excluding carboxylic acids is 1. The van der Waals surface area contributed by atoms with Gasteiger partial charge < -0.3 is 10.6 Å². The Labute approximate surface area is 117 Å². The Morgan fingerprint density at radius 2 is 2.00 bits per heavy atom. The minimum Gasteiger partial charge on any atom is -0.397 e. The van der Waals surface area contributed by atoms with Gasteiger partial charge >= 0.3 is 0 Å². The van der Waals surface area contributed by atoms with Crippen molar-refractivity contribution in [2.45, 2.75) is 6.42 Å². The molecule has 0 aliphatic carbocycles. The van der Waals surface area contributed by atoms with Gasteiger partial charge in [0.1, 0.15) is 0 Å². The molecule has 2 N–H and O–H groups in total. The maximum Gasteiger partial charge on any atom is 0.256 e. The summed E-state index contributed by atoms with van der Waals surface area (Å²) in [5.74, 6) is -0.141. The van der Waals surface area contributed by atoms with Gasteiger partial charge in [-0.15, -0.1) is 0 Å². The first-order chi connectivity index (χ1) is 8.91. The molecule has 19 heavy (non-hydrogen) atoms. The number of hydrogen-bond donors (Lipinski definition) is 1. The van der Waals surface area contributed by atoms with E-state index in [1.54, 1.807) is 18.2 Å². The molecular weight excluding hydrogens is 288 g/mol. The van der Waals surface area contributed by atoms with E-state index in [-0.39, 0.29) is 29.6 Å². The lowest BCUT2D eigenvalue weighted by Gasteiger charge is -2.20. The Morgan fingerprint density at radius 3 is 2.74 bits per heavy atom. The van der Waals surface area contributed by atoms with E-state index < -0.39 is 9.84 Å². The summed E-state index contributed by atoms with van der Waals surface area (Å²) in [4.78, 5) is 13.8. The highest BCUT2D eigenvalue weighted by molar-refractivity contribution is 7.91. The number of nitrogen functional groups attached to an aromatic ring is 1. The molecule has 1 saturated heterocycles. The van der Waals surface area contributed by atoms with Crippen molar-refractivity contribution in [2.75, 3.05) is 30.3 Å². The second kappa shape index (κ2) is 5.38. The Hall–Kier alpha value is -1.27. The van der Waals surface area contributed by atoms with E-state index in [1.807, 2.05) is 0 Å². The molecule has 0 radical (unpaired) electrons. The quantitative estimate of drug-likeness (QED) is 0.790. The molecule has 2 rings (SSSR count). The van der Waals surface area contributed by atoms with E-state index >= 15 is 0 Å². The summed E-state index contributed by atoms with van der Waals surface area (Å²) in [5, 5.41) is 0.327. The molecule has 0 unspecified atom stereocenters. The predicted octanol–water partition coefficient (Wildman–Crippen LogP) is 1.18. The molecule has 5 nitrogen and oxygen atoms in total. The van der Waals surface area contributed by atoms with E-state index in [2.05, 4.69) is 0 Å². The first-order valence-electron chi connectivity index (χ1n) is 5.94. The summed E-state index contributed by atoms with van der Waals surface area (Å²) in [6, 6.07) is 4.87. The van der Waals surface area contributed by atoms with Gasteiger partial charge in [-0.3, -0.25) is 4.79 Å². The van der Waals surface area contributed by atoms with Crippen molar-refractivity contribution < 1.29 is 13.2 Å². The zero-order valence-electron chi connectivity index (χ0n) is 10.3. The number of amides is 1. The normalized spacial score (nSPS) is 18.9. The molecule has 1 amide bonds. The van der Waals surface area contributed by atoms with Crippen molar-refractivity contribution in [2.24, 2.45) is 0 Å². The van der Waals surface area contributed by atoms with Gasteiger partial charge in [0.2, 0.25) is 0 Å². The fourth-order valence-electron chi connectivity index (χ4n) is 2.04. The Kier molecular flexibility index (Phi) is 4.01. The zero-order chi connectivity index (χ0) is 14.0. The zero-order valence-corrected chi connectivity index (χ0v) is 11.9. The van der Waals surface area contributed by atoms with Crippen molar-refractivity contribution >= 4 is 33.0 Å². The first-order valence-corrected chi connectivity index (χ1v) is 8.14. The molecule has 0 aromatic heterocycles. The molecule has 1 aromatic rings. The van der Waals surface area contributed by atoms with Crippen LogP contribution < -0.4 is 5.73 Å². The summed E-state index contributed by atoms with van der Waals surface area (Å²) in [5.41, 5.74) is 6.35. The van der Waals surface area contributed by atoms with E-state index in [4.69, 9.17) is 17.3 Å². The first kappa shape index (κ1) is 14.1. The maximum atomic E-state index is 12.3. The minimum atomic E-state index is -3.04. The fourth-order valence-corrected chi connectivity index (χ4v) is 3.48. The van der Waals surface area contributed by atoms with Crippen molar-refractivity contribution in [3.63, 3.8) is 0 Å². The van der Waals surface area contributed by atoms with Crippen molar-refractivity contribution in [1.82, 2.24) is 4.90 Å². The molecule has 0 spiro atoms. The third kappa shape index (κ3) is 3.19. The van der Waals surface area contributed by atoms with Crippen LogP contribution in [0.15, 0.2) is 18.2 Å². The van der Waals surface area contributed by atoms with Crippen LogP contribution in [0.25, 0.3) is 0 Å².